The van der Waals surface area contributed by atoms with Gasteiger partial charge in [0.15, 0.2) is 0 Å². The molecule has 0 aliphatic rings. The van der Waals surface area contributed by atoms with E-state index in [4.69, 9.17) is 16.3 Å². The Morgan fingerprint density at radius 2 is 1.75 bits per heavy atom. The fourth-order valence-electron chi connectivity index (χ4n) is 1.33. The molecule has 2 rings (SSSR count). The predicted octanol–water partition coefficient (Wildman–Crippen LogP) is 4.58. The van der Waals surface area contributed by atoms with Gasteiger partial charge in [-0.15, -0.1) is 0 Å². The van der Waals surface area contributed by atoms with Gasteiger partial charge in [0.1, 0.15) is 17.3 Å². The molecule has 82 valence electrons. The monoisotopic (exact) mass is 236 g/mol. The molecule has 0 saturated heterocycles. The first-order chi connectivity index (χ1) is 7.66. The molecule has 2 aromatic rings. The van der Waals surface area contributed by atoms with Crippen LogP contribution in [0.2, 0.25) is 5.02 Å². The van der Waals surface area contributed by atoms with Crippen LogP contribution in [0.3, 0.4) is 0 Å². The number of rotatable bonds is 2. The van der Waals surface area contributed by atoms with Crippen molar-refractivity contribution in [2.45, 2.75) is 6.92 Å². The lowest BCUT2D eigenvalue weighted by Crippen LogP contribution is -1.90. The van der Waals surface area contributed by atoms with Crippen LogP contribution in [0.25, 0.3) is 0 Å². The van der Waals surface area contributed by atoms with Gasteiger partial charge in [-0.05, 0) is 43.3 Å². The molecule has 0 N–H and O–H groups in total. The quantitative estimate of drug-likeness (QED) is 0.742. The normalized spacial score (nSPS) is 10.2. The van der Waals surface area contributed by atoms with Crippen molar-refractivity contribution in [3.05, 3.63) is 58.9 Å². The Morgan fingerprint density at radius 1 is 1.06 bits per heavy atom. The van der Waals surface area contributed by atoms with E-state index in [1.54, 1.807) is 43.3 Å². The van der Waals surface area contributed by atoms with Gasteiger partial charge >= 0.3 is 0 Å². The van der Waals surface area contributed by atoms with E-state index in [1.807, 2.05) is 0 Å². The highest BCUT2D eigenvalue weighted by Crippen LogP contribution is 2.27. The van der Waals surface area contributed by atoms with E-state index in [2.05, 4.69) is 0 Å². The summed E-state index contributed by atoms with van der Waals surface area (Å²) >= 11 is 5.76. The highest BCUT2D eigenvalue weighted by Gasteiger charge is 2.05. The van der Waals surface area contributed by atoms with E-state index in [-0.39, 0.29) is 5.82 Å². The van der Waals surface area contributed by atoms with Crippen molar-refractivity contribution >= 4 is 11.6 Å². The largest absolute Gasteiger partial charge is 0.457 e. The number of halogens is 2. The van der Waals surface area contributed by atoms with Crippen LogP contribution < -0.4 is 4.74 Å². The first-order valence-electron chi connectivity index (χ1n) is 4.85. The Bertz CT molecular complexity index is 494. The Morgan fingerprint density at radius 3 is 2.44 bits per heavy atom. The van der Waals surface area contributed by atoms with Gasteiger partial charge in [0.05, 0.1) is 0 Å². The van der Waals surface area contributed by atoms with Crippen LogP contribution in [-0.4, -0.2) is 0 Å². The first-order valence-corrected chi connectivity index (χ1v) is 5.23. The van der Waals surface area contributed by atoms with Gasteiger partial charge in [-0.25, -0.2) is 4.39 Å². The van der Waals surface area contributed by atoms with Gasteiger partial charge in [0, 0.05) is 10.6 Å². The zero-order valence-electron chi connectivity index (χ0n) is 8.71. The van der Waals surface area contributed by atoms with Gasteiger partial charge in [0.25, 0.3) is 0 Å². The summed E-state index contributed by atoms with van der Waals surface area (Å²) < 4.78 is 18.8. The second-order valence-electron chi connectivity index (χ2n) is 3.42. The topological polar surface area (TPSA) is 9.23 Å². The summed E-state index contributed by atoms with van der Waals surface area (Å²) in [6.45, 7) is 1.68. The lowest BCUT2D eigenvalue weighted by molar-refractivity contribution is 0.471. The lowest BCUT2D eigenvalue weighted by Gasteiger charge is -2.08. The summed E-state index contributed by atoms with van der Waals surface area (Å²) in [6.07, 6.45) is 0. The molecule has 0 heterocycles. The average Bonchev–Trinajstić information content (AvgIpc) is 2.28. The zero-order chi connectivity index (χ0) is 11.5. The lowest BCUT2D eigenvalue weighted by atomic mass is 10.2. The van der Waals surface area contributed by atoms with E-state index in [1.165, 1.54) is 6.07 Å². The maximum atomic E-state index is 13.2. The highest BCUT2D eigenvalue weighted by atomic mass is 35.5. The SMILES string of the molecule is Cc1c(F)cccc1Oc1ccc(Cl)cc1. The number of benzene rings is 2. The van der Waals surface area contributed by atoms with E-state index < -0.39 is 0 Å². The van der Waals surface area contributed by atoms with Gasteiger partial charge in [-0.2, -0.15) is 0 Å². The van der Waals surface area contributed by atoms with Crippen molar-refractivity contribution in [3.8, 4) is 11.5 Å². The molecule has 0 aliphatic carbocycles. The van der Waals surface area contributed by atoms with E-state index in [0.29, 0.717) is 22.1 Å². The van der Waals surface area contributed by atoms with Crippen LogP contribution in [0.1, 0.15) is 5.56 Å². The summed E-state index contributed by atoms with van der Waals surface area (Å²) in [4.78, 5) is 0. The molecule has 3 heteroatoms. The summed E-state index contributed by atoms with van der Waals surface area (Å²) in [5, 5.41) is 0.642. The summed E-state index contributed by atoms with van der Waals surface area (Å²) in [7, 11) is 0. The van der Waals surface area contributed by atoms with Gasteiger partial charge in [-0.3, -0.25) is 0 Å². The molecule has 0 spiro atoms. The van der Waals surface area contributed by atoms with E-state index in [9.17, 15) is 4.39 Å². The second kappa shape index (κ2) is 4.54. The Kier molecular flexibility index (Phi) is 3.11. The van der Waals surface area contributed by atoms with Crippen molar-refractivity contribution in [2.24, 2.45) is 0 Å². The Labute approximate surface area is 98.4 Å². The third kappa shape index (κ3) is 2.34. The molecule has 0 bridgehead atoms. The molecule has 0 unspecified atom stereocenters. The molecule has 0 radical (unpaired) electrons. The maximum Gasteiger partial charge on any atom is 0.133 e. The minimum absolute atomic E-state index is 0.272. The summed E-state index contributed by atoms with van der Waals surface area (Å²) in [6, 6.07) is 11.7. The Hall–Kier alpha value is -1.54. The van der Waals surface area contributed by atoms with Crippen LogP contribution in [-0.2, 0) is 0 Å². The van der Waals surface area contributed by atoms with Crippen LogP contribution >= 0.6 is 11.6 Å². The smallest absolute Gasteiger partial charge is 0.133 e. The third-order valence-corrected chi connectivity index (χ3v) is 2.51. The molecule has 2 aromatic carbocycles. The molecule has 16 heavy (non-hydrogen) atoms. The maximum absolute atomic E-state index is 13.2. The first kappa shape index (κ1) is 11.0. The van der Waals surface area contributed by atoms with Crippen molar-refractivity contribution in [1.82, 2.24) is 0 Å². The zero-order valence-corrected chi connectivity index (χ0v) is 9.46. The molecule has 1 nitrogen and oxygen atoms in total. The number of hydrogen-bond donors (Lipinski definition) is 0. The molecule has 0 amide bonds. The molecule has 0 atom stereocenters. The van der Waals surface area contributed by atoms with Crippen molar-refractivity contribution in [2.75, 3.05) is 0 Å². The molecule has 0 fully saturated rings. The fourth-order valence-corrected chi connectivity index (χ4v) is 1.45. The van der Waals surface area contributed by atoms with Crippen molar-refractivity contribution in [1.29, 1.82) is 0 Å². The predicted molar refractivity (Wildman–Crippen MR) is 62.7 cm³/mol. The molecular formula is C13H10ClFO. The van der Waals surface area contributed by atoms with Gasteiger partial charge in [-0.1, -0.05) is 17.7 Å². The highest BCUT2D eigenvalue weighted by molar-refractivity contribution is 6.30. The second-order valence-corrected chi connectivity index (χ2v) is 3.86. The van der Waals surface area contributed by atoms with Gasteiger partial charge in [0.2, 0.25) is 0 Å². The summed E-state index contributed by atoms with van der Waals surface area (Å²) in [5.74, 6) is 0.881. The minimum atomic E-state index is -0.272. The fraction of sp³-hybridized carbons (Fsp3) is 0.0769. The van der Waals surface area contributed by atoms with Crippen LogP contribution in [0, 0.1) is 12.7 Å². The van der Waals surface area contributed by atoms with Gasteiger partial charge < -0.3 is 4.74 Å². The van der Waals surface area contributed by atoms with Crippen LogP contribution in [0.15, 0.2) is 42.5 Å². The number of ether oxygens (including phenoxy) is 1. The molecule has 0 aromatic heterocycles. The number of hydrogen-bond acceptors (Lipinski definition) is 1. The van der Waals surface area contributed by atoms with Crippen LogP contribution in [0.4, 0.5) is 4.39 Å². The molecule has 0 aliphatic heterocycles. The molecule has 0 saturated carbocycles. The molecular weight excluding hydrogens is 227 g/mol. The van der Waals surface area contributed by atoms with Crippen molar-refractivity contribution in [3.63, 3.8) is 0 Å². The summed E-state index contributed by atoms with van der Waals surface area (Å²) in [5.41, 5.74) is 0.498. The van der Waals surface area contributed by atoms with E-state index in [0.717, 1.165) is 0 Å². The average molecular weight is 237 g/mol. The standard InChI is InChI=1S/C13H10ClFO/c1-9-12(15)3-2-4-13(9)16-11-7-5-10(14)6-8-11/h2-8H,1H3. The van der Waals surface area contributed by atoms with E-state index >= 15 is 0 Å². The van der Waals surface area contributed by atoms with Crippen molar-refractivity contribution < 1.29 is 9.13 Å². The minimum Gasteiger partial charge on any atom is -0.457 e. The Balaban J connectivity index is 2.27. The third-order valence-electron chi connectivity index (χ3n) is 2.26. The van der Waals surface area contributed by atoms with Crippen LogP contribution in [0.5, 0.6) is 11.5 Å².